The van der Waals surface area contributed by atoms with E-state index in [1.165, 1.54) is 7.11 Å². The van der Waals surface area contributed by atoms with Crippen molar-refractivity contribution in [1.82, 2.24) is 9.97 Å². The first kappa shape index (κ1) is 22.5. The van der Waals surface area contributed by atoms with Crippen molar-refractivity contribution < 1.29 is 14.3 Å². The monoisotopic (exact) mass is 450 g/mol. The van der Waals surface area contributed by atoms with Gasteiger partial charge in [-0.3, -0.25) is 9.78 Å². The van der Waals surface area contributed by atoms with Gasteiger partial charge in [0.25, 0.3) is 5.91 Å². The van der Waals surface area contributed by atoms with Crippen molar-refractivity contribution in [2.45, 2.75) is 13.8 Å². The number of hydrogen-bond donors (Lipinski definition) is 1. The Hall–Kier alpha value is -4.70. The third kappa shape index (κ3) is 4.71. The Bertz CT molecular complexity index is 1380. The third-order valence-electron chi connectivity index (χ3n) is 5.25. The largest absolute Gasteiger partial charge is 0.493 e. The molecule has 0 aliphatic carbocycles. The number of hydrogen-bond acceptors (Lipinski definition) is 6. The summed E-state index contributed by atoms with van der Waals surface area (Å²) >= 11 is 0. The second kappa shape index (κ2) is 9.84. The van der Waals surface area contributed by atoms with E-state index in [0.717, 1.165) is 11.1 Å². The zero-order valence-corrected chi connectivity index (χ0v) is 19.0. The number of carbonyl (C=O) groups is 1. The van der Waals surface area contributed by atoms with Crippen molar-refractivity contribution in [3.8, 4) is 34.7 Å². The summed E-state index contributed by atoms with van der Waals surface area (Å²) in [5, 5.41) is 12.1. The molecule has 1 amide bonds. The zero-order valence-electron chi connectivity index (χ0n) is 19.0. The molecule has 1 N–H and O–H groups in total. The molecule has 0 saturated carbocycles. The predicted molar refractivity (Wildman–Crippen MR) is 129 cm³/mol. The molecular formula is C27H22N4O3. The van der Waals surface area contributed by atoms with Gasteiger partial charge in [0.2, 0.25) is 5.88 Å². The molecule has 4 rings (SSSR count). The topological polar surface area (TPSA) is 97.1 Å². The van der Waals surface area contributed by atoms with Crippen LogP contribution in [-0.4, -0.2) is 23.0 Å². The minimum atomic E-state index is -0.368. The first-order valence-electron chi connectivity index (χ1n) is 10.5. The van der Waals surface area contributed by atoms with Gasteiger partial charge >= 0.3 is 0 Å². The maximum absolute atomic E-state index is 13.4. The van der Waals surface area contributed by atoms with E-state index < -0.39 is 0 Å². The number of aryl methyl sites for hydroxylation is 1. The SMILES string of the molecule is COc1cc(C#N)ccc1Oc1ncc(-c2ccc(C)cn2)c(C)c1C(=O)Nc1ccccc1. The Morgan fingerprint density at radius 3 is 2.44 bits per heavy atom. The molecular weight excluding hydrogens is 428 g/mol. The molecule has 0 aliphatic rings. The summed E-state index contributed by atoms with van der Waals surface area (Å²) in [5.41, 5.74) is 4.47. The van der Waals surface area contributed by atoms with E-state index in [0.29, 0.717) is 34.0 Å². The van der Waals surface area contributed by atoms with Crippen LogP contribution in [0.3, 0.4) is 0 Å². The second-order valence-corrected chi connectivity index (χ2v) is 7.60. The lowest BCUT2D eigenvalue weighted by molar-refractivity contribution is 0.102. The Morgan fingerprint density at radius 2 is 1.76 bits per heavy atom. The highest BCUT2D eigenvalue weighted by Gasteiger charge is 2.23. The second-order valence-electron chi connectivity index (χ2n) is 7.60. The molecule has 168 valence electrons. The fourth-order valence-corrected chi connectivity index (χ4v) is 3.45. The van der Waals surface area contributed by atoms with Crippen LogP contribution in [0.2, 0.25) is 0 Å². The minimum Gasteiger partial charge on any atom is -0.493 e. The standard InChI is InChI=1S/C27H22N4O3/c1-17-9-11-22(29-15-17)21-16-30-27(34-23-12-10-19(14-28)13-24(23)33-3)25(18(21)2)26(32)31-20-7-5-4-6-8-20/h4-13,15-16H,1-3H3,(H,31,32). The van der Waals surface area contributed by atoms with E-state index in [-0.39, 0.29) is 17.4 Å². The van der Waals surface area contributed by atoms with Crippen LogP contribution in [0, 0.1) is 25.2 Å². The Labute approximate surface area is 197 Å². The number of anilines is 1. The van der Waals surface area contributed by atoms with Gasteiger partial charge in [-0.25, -0.2) is 4.98 Å². The lowest BCUT2D eigenvalue weighted by Gasteiger charge is -2.17. The third-order valence-corrected chi connectivity index (χ3v) is 5.25. The number of aromatic nitrogens is 2. The van der Waals surface area contributed by atoms with Crippen molar-refractivity contribution in [3.63, 3.8) is 0 Å². The van der Waals surface area contributed by atoms with Crippen molar-refractivity contribution in [2.75, 3.05) is 12.4 Å². The molecule has 34 heavy (non-hydrogen) atoms. The van der Waals surface area contributed by atoms with Gasteiger partial charge in [-0.05, 0) is 55.3 Å². The fraction of sp³-hybridized carbons (Fsp3) is 0.111. The lowest BCUT2D eigenvalue weighted by atomic mass is 10.0. The molecule has 0 saturated heterocycles. The van der Waals surface area contributed by atoms with Crippen LogP contribution in [-0.2, 0) is 0 Å². The molecule has 0 unspecified atom stereocenters. The summed E-state index contributed by atoms with van der Waals surface area (Å²) < 4.78 is 11.4. The van der Waals surface area contributed by atoms with Crippen LogP contribution < -0.4 is 14.8 Å². The van der Waals surface area contributed by atoms with Crippen LogP contribution >= 0.6 is 0 Å². The summed E-state index contributed by atoms with van der Waals surface area (Å²) in [6, 6.07) is 19.9. The first-order chi connectivity index (χ1) is 16.5. The number of benzene rings is 2. The van der Waals surface area contributed by atoms with Gasteiger partial charge in [0.05, 0.1) is 24.4 Å². The normalized spacial score (nSPS) is 10.3. The maximum Gasteiger partial charge on any atom is 0.261 e. The number of ether oxygens (including phenoxy) is 2. The molecule has 2 heterocycles. The van der Waals surface area contributed by atoms with Crippen molar-refractivity contribution in [2.24, 2.45) is 0 Å². The van der Waals surface area contributed by atoms with Gasteiger partial charge in [-0.1, -0.05) is 24.3 Å². The highest BCUT2D eigenvalue weighted by Crippen LogP contribution is 2.36. The van der Waals surface area contributed by atoms with Crippen molar-refractivity contribution in [1.29, 1.82) is 5.26 Å². The zero-order chi connectivity index (χ0) is 24.1. The average Bonchev–Trinajstić information content (AvgIpc) is 2.85. The number of carbonyl (C=O) groups excluding carboxylic acids is 1. The highest BCUT2D eigenvalue weighted by molar-refractivity contribution is 6.07. The first-order valence-corrected chi connectivity index (χ1v) is 10.5. The van der Waals surface area contributed by atoms with Crippen LogP contribution in [0.1, 0.15) is 27.0 Å². The summed E-state index contributed by atoms with van der Waals surface area (Å²) in [4.78, 5) is 22.4. The van der Waals surface area contributed by atoms with Gasteiger partial charge in [0.1, 0.15) is 5.56 Å². The van der Waals surface area contributed by atoms with E-state index in [2.05, 4.69) is 21.4 Å². The minimum absolute atomic E-state index is 0.116. The van der Waals surface area contributed by atoms with Gasteiger partial charge in [-0.15, -0.1) is 0 Å². The molecule has 0 fully saturated rings. The van der Waals surface area contributed by atoms with E-state index in [4.69, 9.17) is 14.7 Å². The quantitative estimate of drug-likeness (QED) is 0.406. The summed E-state index contributed by atoms with van der Waals surface area (Å²) in [5.74, 6) is 0.443. The molecule has 7 nitrogen and oxygen atoms in total. The van der Waals surface area contributed by atoms with E-state index in [1.807, 2.05) is 44.2 Å². The Kier molecular flexibility index (Phi) is 6.51. The molecule has 0 bridgehead atoms. The number of amides is 1. The van der Waals surface area contributed by atoms with Gasteiger partial charge in [0, 0.05) is 29.7 Å². The highest BCUT2D eigenvalue weighted by atomic mass is 16.5. The molecule has 7 heteroatoms. The Morgan fingerprint density at radius 1 is 0.971 bits per heavy atom. The van der Waals surface area contributed by atoms with Crippen LogP contribution in [0.25, 0.3) is 11.3 Å². The molecule has 0 radical (unpaired) electrons. The number of nitriles is 1. The maximum atomic E-state index is 13.4. The number of rotatable bonds is 6. The van der Waals surface area contributed by atoms with Crippen LogP contribution in [0.5, 0.6) is 17.4 Å². The average molecular weight is 450 g/mol. The van der Waals surface area contributed by atoms with Gasteiger partial charge in [-0.2, -0.15) is 5.26 Å². The molecule has 0 aliphatic heterocycles. The number of pyridine rings is 2. The predicted octanol–water partition coefficient (Wildman–Crippen LogP) is 5.69. The van der Waals surface area contributed by atoms with Crippen LogP contribution in [0.4, 0.5) is 5.69 Å². The Balaban J connectivity index is 1.81. The number of nitrogens with zero attached hydrogens (tertiary/aromatic N) is 3. The van der Waals surface area contributed by atoms with E-state index in [9.17, 15) is 4.79 Å². The van der Waals surface area contributed by atoms with Gasteiger partial charge in [0.15, 0.2) is 11.5 Å². The van der Waals surface area contributed by atoms with Crippen molar-refractivity contribution in [3.05, 3.63) is 95.3 Å². The molecule has 2 aromatic carbocycles. The van der Waals surface area contributed by atoms with E-state index in [1.54, 1.807) is 42.7 Å². The van der Waals surface area contributed by atoms with E-state index >= 15 is 0 Å². The number of para-hydroxylation sites is 1. The molecule has 4 aromatic rings. The molecule has 2 aromatic heterocycles. The molecule has 0 atom stereocenters. The lowest BCUT2D eigenvalue weighted by Crippen LogP contribution is -2.16. The summed E-state index contributed by atoms with van der Waals surface area (Å²) in [6.45, 7) is 3.80. The fourth-order valence-electron chi connectivity index (χ4n) is 3.45. The number of methoxy groups -OCH3 is 1. The van der Waals surface area contributed by atoms with Crippen LogP contribution in [0.15, 0.2) is 73.1 Å². The smallest absolute Gasteiger partial charge is 0.261 e. The van der Waals surface area contributed by atoms with Crippen molar-refractivity contribution >= 4 is 11.6 Å². The number of nitrogens with one attached hydrogen (secondary N) is 1. The molecule has 0 spiro atoms. The summed E-state index contributed by atoms with van der Waals surface area (Å²) in [7, 11) is 1.48. The summed E-state index contributed by atoms with van der Waals surface area (Å²) in [6.07, 6.45) is 3.41. The van der Waals surface area contributed by atoms with Gasteiger partial charge < -0.3 is 14.8 Å².